The van der Waals surface area contributed by atoms with Gasteiger partial charge in [-0.3, -0.25) is 10.6 Å². The summed E-state index contributed by atoms with van der Waals surface area (Å²) < 4.78 is 5.94. The molecule has 0 atom stereocenters. The van der Waals surface area contributed by atoms with E-state index in [0.29, 0.717) is 17.0 Å². The van der Waals surface area contributed by atoms with Gasteiger partial charge in [-0.25, -0.2) is 0 Å². The Morgan fingerprint density at radius 1 is 1.19 bits per heavy atom. The summed E-state index contributed by atoms with van der Waals surface area (Å²) in [5.74, 6) is 5.86. The van der Waals surface area contributed by atoms with Crippen LogP contribution >= 0.6 is 15.9 Å². The molecule has 21 heavy (non-hydrogen) atoms. The Morgan fingerprint density at radius 2 is 1.95 bits per heavy atom. The Balaban J connectivity index is 2.23. The summed E-state index contributed by atoms with van der Waals surface area (Å²) in [6.07, 6.45) is 0. The van der Waals surface area contributed by atoms with Crippen molar-refractivity contribution in [3.05, 3.63) is 52.0 Å². The highest BCUT2D eigenvalue weighted by atomic mass is 79.9. The zero-order valence-corrected chi connectivity index (χ0v) is 13.3. The van der Waals surface area contributed by atoms with Crippen LogP contribution in [0.5, 0.6) is 5.75 Å². The minimum atomic E-state index is -0.198. The van der Waals surface area contributed by atoms with Crippen molar-refractivity contribution < 1.29 is 9.53 Å². The van der Waals surface area contributed by atoms with E-state index in [9.17, 15) is 4.79 Å². The van der Waals surface area contributed by atoms with Crippen LogP contribution in [0.15, 0.2) is 40.9 Å². The number of amides is 1. The van der Waals surface area contributed by atoms with Gasteiger partial charge in [-0.05, 0) is 58.7 Å². The molecule has 0 aliphatic carbocycles. The lowest BCUT2D eigenvalue weighted by atomic mass is 10.1. The molecule has 0 aromatic heterocycles. The molecule has 0 bridgehead atoms. The first-order chi connectivity index (χ1) is 10.0. The Hall–Kier alpha value is -2.05. The fourth-order valence-corrected chi connectivity index (χ4v) is 2.23. The standard InChI is InChI=1S/C15H16BrN3O2/c1-9-7-10(3-6-13(9)19-17)15(20)18-14-8-11(21-2)4-5-12(14)16/h3-8,19H,17H2,1-2H3,(H,18,20). The Bertz CT molecular complexity index is 674. The maximum Gasteiger partial charge on any atom is 0.255 e. The van der Waals surface area contributed by atoms with Gasteiger partial charge >= 0.3 is 0 Å². The highest BCUT2D eigenvalue weighted by Gasteiger charge is 2.10. The normalized spacial score (nSPS) is 10.1. The van der Waals surface area contributed by atoms with Gasteiger partial charge < -0.3 is 15.5 Å². The summed E-state index contributed by atoms with van der Waals surface area (Å²) in [5.41, 5.74) is 5.47. The average Bonchev–Trinajstić information content (AvgIpc) is 2.49. The van der Waals surface area contributed by atoms with Crippen LogP contribution in [0.1, 0.15) is 15.9 Å². The fourth-order valence-electron chi connectivity index (χ4n) is 1.89. The van der Waals surface area contributed by atoms with Crippen LogP contribution in [-0.2, 0) is 0 Å². The molecule has 1 amide bonds. The number of hydrazine groups is 1. The monoisotopic (exact) mass is 349 g/mol. The van der Waals surface area contributed by atoms with Gasteiger partial charge in [0.2, 0.25) is 0 Å². The Kier molecular flexibility index (Phi) is 4.82. The number of methoxy groups -OCH3 is 1. The van der Waals surface area contributed by atoms with E-state index in [-0.39, 0.29) is 5.91 Å². The summed E-state index contributed by atoms with van der Waals surface area (Å²) in [4.78, 5) is 12.3. The van der Waals surface area contributed by atoms with Gasteiger partial charge in [0.15, 0.2) is 0 Å². The van der Waals surface area contributed by atoms with E-state index in [4.69, 9.17) is 10.6 Å². The number of carbonyl (C=O) groups is 1. The van der Waals surface area contributed by atoms with Crippen LogP contribution in [0.2, 0.25) is 0 Å². The number of nitrogen functional groups attached to an aromatic ring is 1. The van der Waals surface area contributed by atoms with E-state index in [2.05, 4.69) is 26.7 Å². The summed E-state index contributed by atoms with van der Waals surface area (Å²) in [7, 11) is 1.58. The molecule has 110 valence electrons. The molecule has 0 fully saturated rings. The lowest BCUT2D eigenvalue weighted by Gasteiger charge is -2.11. The van der Waals surface area contributed by atoms with E-state index < -0.39 is 0 Å². The van der Waals surface area contributed by atoms with Crippen molar-refractivity contribution in [2.24, 2.45) is 5.84 Å². The first kappa shape index (κ1) is 15.3. The predicted octanol–water partition coefficient (Wildman–Crippen LogP) is 3.30. The molecule has 0 spiro atoms. The molecule has 6 heteroatoms. The second-order valence-electron chi connectivity index (χ2n) is 4.47. The lowest BCUT2D eigenvalue weighted by molar-refractivity contribution is 0.102. The van der Waals surface area contributed by atoms with Crippen LogP contribution < -0.4 is 21.3 Å². The zero-order chi connectivity index (χ0) is 15.4. The number of halogens is 1. The van der Waals surface area contributed by atoms with Crippen LogP contribution in [0, 0.1) is 6.92 Å². The third-order valence-electron chi connectivity index (χ3n) is 3.07. The lowest BCUT2D eigenvalue weighted by Crippen LogP contribution is -2.14. The second-order valence-corrected chi connectivity index (χ2v) is 5.33. The number of nitrogens with two attached hydrogens (primary N) is 1. The number of benzene rings is 2. The van der Waals surface area contributed by atoms with Gasteiger partial charge in [0.1, 0.15) is 5.75 Å². The highest BCUT2D eigenvalue weighted by molar-refractivity contribution is 9.10. The molecule has 0 radical (unpaired) electrons. The summed E-state index contributed by atoms with van der Waals surface area (Å²) in [6, 6.07) is 10.6. The molecule has 0 saturated heterocycles. The van der Waals surface area contributed by atoms with Gasteiger partial charge in [0, 0.05) is 16.1 Å². The number of nitrogens with one attached hydrogen (secondary N) is 2. The number of hydrogen-bond acceptors (Lipinski definition) is 4. The maximum absolute atomic E-state index is 12.3. The molecular formula is C15H16BrN3O2. The van der Waals surface area contributed by atoms with Gasteiger partial charge in [-0.15, -0.1) is 0 Å². The average molecular weight is 350 g/mol. The van der Waals surface area contributed by atoms with Gasteiger partial charge in [-0.2, -0.15) is 0 Å². The highest BCUT2D eigenvalue weighted by Crippen LogP contribution is 2.27. The fraction of sp³-hybridized carbons (Fsp3) is 0.133. The molecular weight excluding hydrogens is 334 g/mol. The maximum atomic E-state index is 12.3. The van der Waals surface area contributed by atoms with Crippen molar-refractivity contribution in [1.29, 1.82) is 0 Å². The SMILES string of the molecule is COc1ccc(Br)c(NC(=O)c2ccc(NN)c(C)c2)c1. The van der Waals surface area contributed by atoms with Gasteiger partial charge in [0.05, 0.1) is 18.5 Å². The molecule has 5 nitrogen and oxygen atoms in total. The molecule has 0 aliphatic rings. The summed E-state index contributed by atoms with van der Waals surface area (Å²) >= 11 is 3.40. The number of hydrogen-bond donors (Lipinski definition) is 3. The number of rotatable bonds is 4. The van der Waals surface area contributed by atoms with Crippen LogP contribution in [0.3, 0.4) is 0 Å². The Morgan fingerprint density at radius 3 is 2.57 bits per heavy atom. The van der Waals surface area contributed by atoms with E-state index in [0.717, 1.165) is 15.7 Å². The third-order valence-corrected chi connectivity index (χ3v) is 3.76. The van der Waals surface area contributed by atoms with Crippen molar-refractivity contribution in [3.63, 3.8) is 0 Å². The quantitative estimate of drug-likeness (QED) is 0.584. The van der Waals surface area contributed by atoms with Crippen molar-refractivity contribution in [2.75, 3.05) is 17.9 Å². The molecule has 2 aromatic rings. The van der Waals surface area contributed by atoms with Crippen LogP contribution in [-0.4, -0.2) is 13.0 Å². The first-order valence-corrected chi connectivity index (χ1v) is 7.06. The number of anilines is 2. The van der Waals surface area contributed by atoms with E-state index in [1.807, 2.05) is 19.1 Å². The van der Waals surface area contributed by atoms with Crippen molar-refractivity contribution in [1.82, 2.24) is 0 Å². The predicted molar refractivity (Wildman–Crippen MR) is 87.6 cm³/mol. The molecule has 0 aliphatic heterocycles. The third kappa shape index (κ3) is 3.53. The minimum Gasteiger partial charge on any atom is -0.497 e. The van der Waals surface area contributed by atoms with Crippen LogP contribution in [0.25, 0.3) is 0 Å². The minimum absolute atomic E-state index is 0.198. The Labute approximate surface area is 131 Å². The topological polar surface area (TPSA) is 76.4 Å². The van der Waals surface area contributed by atoms with Crippen molar-refractivity contribution in [2.45, 2.75) is 6.92 Å². The smallest absolute Gasteiger partial charge is 0.255 e. The molecule has 0 heterocycles. The zero-order valence-electron chi connectivity index (χ0n) is 11.7. The number of ether oxygens (including phenoxy) is 1. The van der Waals surface area contributed by atoms with Crippen LogP contribution in [0.4, 0.5) is 11.4 Å². The molecule has 2 rings (SSSR count). The van der Waals surface area contributed by atoms with Crippen molar-refractivity contribution >= 4 is 33.2 Å². The first-order valence-electron chi connectivity index (χ1n) is 6.27. The molecule has 4 N–H and O–H groups in total. The largest absolute Gasteiger partial charge is 0.497 e. The number of aryl methyl sites for hydroxylation is 1. The summed E-state index contributed by atoms with van der Waals surface area (Å²) in [5, 5.41) is 2.85. The summed E-state index contributed by atoms with van der Waals surface area (Å²) in [6.45, 7) is 1.88. The van der Waals surface area contributed by atoms with Crippen molar-refractivity contribution in [3.8, 4) is 5.75 Å². The number of carbonyl (C=O) groups excluding carboxylic acids is 1. The molecule has 0 unspecified atom stereocenters. The van der Waals surface area contributed by atoms with E-state index in [1.165, 1.54) is 0 Å². The van der Waals surface area contributed by atoms with E-state index >= 15 is 0 Å². The van der Waals surface area contributed by atoms with Gasteiger partial charge in [-0.1, -0.05) is 0 Å². The molecule has 0 saturated carbocycles. The molecule has 2 aromatic carbocycles. The van der Waals surface area contributed by atoms with Gasteiger partial charge in [0.25, 0.3) is 5.91 Å². The second kappa shape index (κ2) is 6.60. The van der Waals surface area contributed by atoms with E-state index in [1.54, 1.807) is 31.4 Å².